The van der Waals surface area contributed by atoms with Crippen LogP contribution in [0, 0.1) is 11.8 Å². The van der Waals surface area contributed by atoms with Crippen LogP contribution < -0.4 is 10.1 Å². The molecule has 2 unspecified atom stereocenters. The van der Waals surface area contributed by atoms with Crippen LogP contribution >= 0.6 is 0 Å². The van der Waals surface area contributed by atoms with E-state index in [4.69, 9.17) is 4.74 Å². The standard InChI is InChI=1S/C19H28N2O3/c1-13(2)11-12-20-19(23)16-9-10-17(22)21(3)18(16)14-5-7-15(24-4)8-6-14/h5-8,13,16,18H,9-12H2,1-4H3,(H,20,23). The van der Waals surface area contributed by atoms with Gasteiger partial charge in [-0.2, -0.15) is 0 Å². The zero-order valence-electron chi connectivity index (χ0n) is 15.0. The van der Waals surface area contributed by atoms with E-state index in [0.717, 1.165) is 17.7 Å². The number of ether oxygens (including phenoxy) is 1. The molecule has 132 valence electrons. The molecular weight excluding hydrogens is 304 g/mol. The Hall–Kier alpha value is -2.04. The summed E-state index contributed by atoms with van der Waals surface area (Å²) >= 11 is 0. The lowest BCUT2D eigenvalue weighted by Crippen LogP contribution is -2.46. The predicted octanol–water partition coefficient (Wildman–Crippen LogP) is 2.77. The lowest BCUT2D eigenvalue weighted by molar-refractivity contribution is -0.141. The van der Waals surface area contributed by atoms with E-state index in [1.54, 1.807) is 19.1 Å². The normalized spacial score (nSPS) is 21.0. The molecule has 5 nitrogen and oxygen atoms in total. The number of piperidine rings is 1. The molecule has 1 saturated heterocycles. The minimum atomic E-state index is -0.226. The maximum absolute atomic E-state index is 12.7. The summed E-state index contributed by atoms with van der Waals surface area (Å²) in [4.78, 5) is 26.5. The van der Waals surface area contributed by atoms with Crippen molar-refractivity contribution < 1.29 is 14.3 Å². The molecule has 2 rings (SSSR count). The quantitative estimate of drug-likeness (QED) is 0.871. The number of carbonyl (C=O) groups excluding carboxylic acids is 2. The van der Waals surface area contributed by atoms with Crippen molar-refractivity contribution in [2.45, 2.75) is 39.2 Å². The molecule has 5 heteroatoms. The second-order valence-electron chi connectivity index (χ2n) is 6.84. The molecule has 1 fully saturated rings. The van der Waals surface area contributed by atoms with Crippen LogP contribution in [0.1, 0.15) is 44.7 Å². The summed E-state index contributed by atoms with van der Waals surface area (Å²) in [6.45, 7) is 4.96. The predicted molar refractivity (Wildman–Crippen MR) is 93.7 cm³/mol. The molecule has 1 aliphatic rings. The van der Waals surface area contributed by atoms with Gasteiger partial charge in [0.05, 0.1) is 19.1 Å². The van der Waals surface area contributed by atoms with Crippen molar-refractivity contribution in [3.8, 4) is 5.75 Å². The molecule has 0 saturated carbocycles. The first-order chi connectivity index (χ1) is 11.4. The van der Waals surface area contributed by atoms with Gasteiger partial charge in [-0.1, -0.05) is 26.0 Å². The number of benzene rings is 1. The second kappa shape index (κ2) is 8.18. The van der Waals surface area contributed by atoms with E-state index >= 15 is 0 Å². The van der Waals surface area contributed by atoms with Crippen molar-refractivity contribution in [1.82, 2.24) is 10.2 Å². The van der Waals surface area contributed by atoms with Gasteiger partial charge >= 0.3 is 0 Å². The average molecular weight is 332 g/mol. The van der Waals surface area contributed by atoms with Crippen LogP contribution in [0.5, 0.6) is 5.75 Å². The number of hydrogen-bond donors (Lipinski definition) is 1. The molecule has 2 atom stereocenters. The summed E-state index contributed by atoms with van der Waals surface area (Å²) in [5, 5.41) is 3.04. The van der Waals surface area contributed by atoms with Crippen molar-refractivity contribution >= 4 is 11.8 Å². The Kier molecular flexibility index (Phi) is 6.23. The minimum Gasteiger partial charge on any atom is -0.497 e. The smallest absolute Gasteiger partial charge is 0.225 e. The summed E-state index contributed by atoms with van der Waals surface area (Å²) in [5.41, 5.74) is 0.968. The van der Waals surface area contributed by atoms with Gasteiger partial charge in [0.15, 0.2) is 0 Å². The summed E-state index contributed by atoms with van der Waals surface area (Å²) in [5.74, 6) is 1.23. The van der Waals surface area contributed by atoms with Gasteiger partial charge in [-0.15, -0.1) is 0 Å². The zero-order valence-corrected chi connectivity index (χ0v) is 15.0. The topological polar surface area (TPSA) is 58.6 Å². The highest BCUT2D eigenvalue weighted by atomic mass is 16.5. The van der Waals surface area contributed by atoms with Crippen molar-refractivity contribution in [3.05, 3.63) is 29.8 Å². The zero-order chi connectivity index (χ0) is 17.7. The van der Waals surface area contributed by atoms with Crippen LogP contribution in [0.3, 0.4) is 0 Å². The molecule has 0 bridgehead atoms. The van der Waals surface area contributed by atoms with E-state index in [1.165, 1.54) is 0 Å². The molecule has 1 heterocycles. The van der Waals surface area contributed by atoms with Crippen molar-refractivity contribution in [1.29, 1.82) is 0 Å². The summed E-state index contributed by atoms with van der Waals surface area (Å²) in [7, 11) is 3.40. The van der Waals surface area contributed by atoms with Gasteiger partial charge in [0.25, 0.3) is 0 Å². The van der Waals surface area contributed by atoms with Crippen LogP contribution in [-0.4, -0.2) is 37.4 Å². The Labute approximate surface area is 144 Å². The SMILES string of the molecule is COc1ccc(C2C(C(=O)NCCC(C)C)CCC(=O)N2C)cc1. The van der Waals surface area contributed by atoms with Gasteiger partial charge in [-0.3, -0.25) is 9.59 Å². The van der Waals surface area contributed by atoms with E-state index in [1.807, 2.05) is 24.3 Å². The molecule has 1 aromatic rings. The highest BCUT2D eigenvalue weighted by molar-refractivity contribution is 5.84. The third-order valence-electron chi connectivity index (χ3n) is 4.68. The highest BCUT2D eigenvalue weighted by Crippen LogP contribution is 2.36. The Morgan fingerprint density at radius 3 is 2.58 bits per heavy atom. The first-order valence-corrected chi connectivity index (χ1v) is 8.61. The molecule has 0 spiro atoms. The molecular formula is C19H28N2O3. The van der Waals surface area contributed by atoms with Crippen LogP contribution in [0.4, 0.5) is 0 Å². The lowest BCUT2D eigenvalue weighted by Gasteiger charge is -2.38. The van der Waals surface area contributed by atoms with Gasteiger partial charge in [-0.25, -0.2) is 0 Å². The van der Waals surface area contributed by atoms with Crippen molar-refractivity contribution in [2.24, 2.45) is 11.8 Å². The number of methoxy groups -OCH3 is 1. The molecule has 0 aliphatic carbocycles. The first kappa shape index (κ1) is 18.3. The Bertz CT molecular complexity index is 568. The van der Waals surface area contributed by atoms with Gasteiger partial charge in [0.2, 0.25) is 11.8 Å². The molecule has 2 amide bonds. The van der Waals surface area contributed by atoms with Crippen LogP contribution in [0.15, 0.2) is 24.3 Å². The van der Waals surface area contributed by atoms with E-state index in [0.29, 0.717) is 25.3 Å². The summed E-state index contributed by atoms with van der Waals surface area (Å²) < 4.78 is 5.19. The van der Waals surface area contributed by atoms with Crippen LogP contribution in [0.25, 0.3) is 0 Å². The molecule has 0 aromatic heterocycles. The number of nitrogens with zero attached hydrogens (tertiary/aromatic N) is 1. The molecule has 1 aromatic carbocycles. The fourth-order valence-electron chi connectivity index (χ4n) is 3.18. The monoisotopic (exact) mass is 332 g/mol. The maximum Gasteiger partial charge on any atom is 0.225 e. The van der Waals surface area contributed by atoms with Crippen LogP contribution in [0.2, 0.25) is 0 Å². The van der Waals surface area contributed by atoms with Gasteiger partial charge in [-0.05, 0) is 36.5 Å². The van der Waals surface area contributed by atoms with E-state index in [9.17, 15) is 9.59 Å². The number of likely N-dealkylation sites (tertiary alicyclic amines) is 1. The number of hydrogen-bond acceptors (Lipinski definition) is 3. The molecule has 24 heavy (non-hydrogen) atoms. The van der Waals surface area contributed by atoms with E-state index in [-0.39, 0.29) is 23.8 Å². The summed E-state index contributed by atoms with van der Waals surface area (Å²) in [6, 6.07) is 7.39. The van der Waals surface area contributed by atoms with Crippen LogP contribution in [-0.2, 0) is 9.59 Å². The van der Waals surface area contributed by atoms with Gasteiger partial charge < -0.3 is 15.0 Å². The van der Waals surface area contributed by atoms with E-state index < -0.39 is 0 Å². The lowest BCUT2D eigenvalue weighted by atomic mass is 9.84. The molecule has 0 radical (unpaired) electrons. The molecule has 1 N–H and O–H groups in total. The fourth-order valence-corrected chi connectivity index (χ4v) is 3.18. The first-order valence-electron chi connectivity index (χ1n) is 8.61. The number of rotatable bonds is 6. The minimum absolute atomic E-state index is 0.0378. The maximum atomic E-state index is 12.7. The molecule has 1 aliphatic heterocycles. The number of nitrogens with one attached hydrogen (secondary N) is 1. The number of amides is 2. The third kappa shape index (κ3) is 4.28. The Morgan fingerprint density at radius 2 is 2.00 bits per heavy atom. The number of carbonyl (C=O) groups is 2. The Balaban J connectivity index is 2.17. The Morgan fingerprint density at radius 1 is 1.33 bits per heavy atom. The average Bonchev–Trinajstić information content (AvgIpc) is 2.57. The van der Waals surface area contributed by atoms with Crippen molar-refractivity contribution in [2.75, 3.05) is 20.7 Å². The van der Waals surface area contributed by atoms with Crippen molar-refractivity contribution in [3.63, 3.8) is 0 Å². The van der Waals surface area contributed by atoms with Gasteiger partial charge in [0, 0.05) is 20.0 Å². The van der Waals surface area contributed by atoms with Gasteiger partial charge in [0.1, 0.15) is 5.75 Å². The van der Waals surface area contributed by atoms with E-state index in [2.05, 4.69) is 19.2 Å². The largest absolute Gasteiger partial charge is 0.497 e. The second-order valence-corrected chi connectivity index (χ2v) is 6.84. The fraction of sp³-hybridized carbons (Fsp3) is 0.579. The highest BCUT2D eigenvalue weighted by Gasteiger charge is 2.38. The summed E-state index contributed by atoms with van der Waals surface area (Å²) in [6.07, 6.45) is 1.97. The third-order valence-corrected chi connectivity index (χ3v) is 4.68.